The molecule has 3 heterocycles. The summed E-state index contributed by atoms with van der Waals surface area (Å²) in [6.07, 6.45) is -1.49. The van der Waals surface area contributed by atoms with Crippen LogP contribution in [0.3, 0.4) is 0 Å². The molecule has 0 aromatic carbocycles. The van der Waals surface area contributed by atoms with E-state index < -0.39 is 18.0 Å². The number of likely N-dealkylation sites (N-methyl/N-ethyl adjacent to an activating group) is 1. The van der Waals surface area contributed by atoms with Crippen molar-refractivity contribution in [3.05, 3.63) is 18.2 Å². The SMILES string of the molecule is COCC1CN(C)C2(C1)CN(c1ncc(F)cn1)C2.O=C(O)C(F)(F)F. The van der Waals surface area contributed by atoms with Crippen molar-refractivity contribution in [2.75, 3.05) is 45.3 Å². The lowest BCUT2D eigenvalue weighted by atomic mass is 9.85. The van der Waals surface area contributed by atoms with Crippen molar-refractivity contribution in [3.63, 3.8) is 0 Å². The van der Waals surface area contributed by atoms with Crippen LogP contribution in [0, 0.1) is 11.7 Å². The Labute approximate surface area is 147 Å². The van der Waals surface area contributed by atoms with Crippen LogP contribution in [-0.4, -0.2) is 78.1 Å². The van der Waals surface area contributed by atoms with Gasteiger partial charge in [0.1, 0.15) is 0 Å². The molecule has 7 nitrogen and oxygen atoms in total. The van der Waals surface area contributed by atoms with E-state index in [1.165, 1.54) is 12.4 Å². The molecule has 2 fully saturated rings. The third kappa shape index (κ3) is 4.58. The number of rotatable bonds is 3. The maximum Gasteiger partial charge on any atom is 0.490 e. The molecule has 2 aliphatic heterocycles. The first-order valence-corrected chi connectivity index (χ1v) is 7.80. The van der Waals surface area contributed by atoms with Crippen LogP contribution in [0.1, 0.15) is 6.42 Å². The summed E-state index contributed by atoms with van der Waals surface area (Å²) in [6, 6.07) is 0. The van der Waals surface area contributed by atoms with Crippen molar-refractivity contribution >= 4 is 11.9 Å². The van der Waals surface area contributed by atoms with E-state index in [9.17, 15) is 17.6 Å². The van der Waals surface area contributed by atoms with Crippen LogP contribution in [0.15, 0.2) is 12.4 Å². The van der Waals surface area contributed by atoms with Gasteiger partial charge in [-0.05, 0) is 19.4 Å². The molecule has 1 atom stereocenters. The molecule has 146 valence electrons. The molecule has 1 aromatic rings. The van der Waals surface area contributed by atoms with Gasteiger partial charge in [0, 0.05) is 26.7 Å². The normalized spacial score (nSPS) is 21.9. The average Bonchev–Trinajstić information content (AvgIpc) is 2.83. The van der Waals surface area contributed by atoms with Gasteiger partial charge < -0.3 is 14.7 Å². The van der Waals surface area contributed by atoms with E-state index in [4.69, 9.17) is 14.6 Å². The number of likely N-dealkylation sites (tertiary alicyclic amines) is 1. The van der Waals surface area contributed by atoms with E-state index in [1.807, 2.05) is 0 Å². The minimum atomic E-state index is -5.08. The number of alkyl halides is 3. The van der Waals surface area contributed by atoms with Gasteiger partial charge in [0.05, 0.1) is 24.5 Å². The molecule has 26 heavy (non-hydrogen) atoms. The summed E-state index contributed by atoms with van der Waals surface area (Å²) in [6.45, 7) is 3.72. The second-order valence-electron chi connectivity index (χ2n) is 6.49. The predicted molar refractivity (Wildman–Crippen MR) is 83.2 cm³/mol. The quantitative estimate of drug-likeness (QED) is 0.795. The van der Waals surface area contributed by atoms with Crippen LogP contribution in [0.2, 0.25) is 0 Å². The van der Waals surface area contributed by atoms with Gasteiger partial charge in [-0.15, -0.1) is 0 Å². The molecule has 11 heteroatoms. The van der Waals surface area contributed by atoms with Crippen LogP contribution in [-0.2, 0) is 9.53 Å². The summed E-state index contributed by atoms with van der Waals surface area (Å²) in [5.41, 5.74) is 0.223. The van der Waals surface area contributed by atoms with Crippen molar-refractivity contribution in [2.45, 2.75) is 18.1 Å². The van der Waals surface area contributed by atoms with Crippen LogP contribution in [0.25, 0.3) is 0 Å². The number of ether oxygens (including phenoxy) is 1. The average molecular weight is 380 g/mol. The minimum Gasteiger partial charge on any atom is -0.475 e. The fourth-order valence-corrected chi connectivity index (χ4v) is 3.33. The Kier molecular flexibility index (Phi) is 6.02. The molecule has 0 saturated carbocycles. The molecule has 1 N–H and O–H groups in total. The van der Waals surface area contributed by atoms with Crippen molar-refractivity contribution in [1.82, 2.24) is 14.9 Å². The molecular formula is C15H20F4N4O3. The van der Waals surface area contributed by atoms with Crippen molar-refractivity contribution in [3.8, 4) is 0 Å². The fourth-order valence-electron chi connectivity index (χ4n) is 3.33. The number of anilines is 1. The van der Waals surface area contributed by atoms with Crippen LogP contribution < -0.4 is 4.90 Å². The number of halogens is 4. The third-order valence-corrected chi connectivity index (χ3v) is 4.52. The Morgan fingerprint density at radius 3 is 2.38 bits per heavy atom. The largest absolute Gasteiger partial charge is 0.490 e. The number of aromatic nitrogens is 2. The lowest BCUT2D eigenvalue weighted by Crippen LogP contribution is -2.67. The Bertz CT molecular complexity index is 620. The summed E-state index contributed by atoms with van der Waals surface area (Å²) in [4.78, 5) is 21.5. The van der Waals surface area contributed by atoms with E-state index in [2.05, 4.69) is 26.8 Å². The van der Waals surface area contributed by atoms with Crippen LogP contribution in [0.5, 0.6) is 0 Å². The van der Waals surface area contributed by atoms with E-state index in [1.54, 1.807) is 7.11 Å². The molecular weight excluding hydrogens is 360 g/mol. The zero-order valence-electron chi connectivity index (χ0n) is 14.3. The predicted octanol–water partition coefficient (Wildman–Crippen LogP) is 1.41. The highest BCUT2D eigenvalue weighted by Crippen LogP contribution is 2.40. The molecule has 0 amide bonds. The van der Waals surface area contributed by atoms with Gasteiger partial charge in [0.25, 0.3) is 0 Å². The van der Waals surface area contributed by atoms with E-state index in [-0.39, 0.29) is 5.54 Å². The standard InChI is InChI=1S/C13H19FN4O.C2HF3O2/c1-17-6-10(7-19-2)3-13(17)8-18(9-13)12-15-4-11(14)5-16-12;3-2(4,5)1(6)7/h4-5,10H,3,6-9H2,1-2H3;(H,6,7). The summed E-state index contributed by atoms with van der Waals surface area (Å²) >= 11 is 0. The van der Waals surface area contributed by atoms with E-state index in [0.29, 0.717) is 11.9 Å². The number of nitrogens with zero attached hydrogens (tertiary/aromatic N) is 4. The number of carboxylic acids is 1. The van der Waals surface area contributed by atoms with Gasteiger partial charge in [-0.3, -0.25) is 4.90 Å². The molecule has 3 rings (SSSR count). The number of carboxylic acid groups (broad SMARTS) is 1. The lowest BCUT2D eigenvalue weighted by molar-refractivity contribution is -0.192. The van der Waals surface area contributed by atoms with Crippen molar-refractivity contribution < 1.29 is 32.2 Å². The van der Waals surface area contributed by atoms with Gasteiger partial charge in [0.15, 0.2) is 5.82 Å². The molecule has 1 spiro atoms. The molecule has 0 aliphatic carbocycles. The first-order valence-electron chi connectivity index (χ1n) is 7.80. The molecule has 0 bridgehead atoms. The highest BCUT2D eigenvalue weighted by Gasteiger charge is 2.52. The number of hydrogen-bond acceptors (Lipinski definition) is 6. The van der Waals surface area contributed by atoms with Gasteiger partial charge in [-0.1, -0.05) is 0 Å². The topological polar surface area (TPSA) is 78.8 Å². The summed E-state index contributed by atoms with van der Waals surface area (Å²) < 4.78 is 49.8. The van der Waals surface area contributed by atoms with Gasteiger partial charge in [-0.2, -0.15) is 13.2 Å². The molecule has 2 aliphatic rings. The Balaban J connectivity index is 0.000000298. The van der Waals surface area contributed by atoms with Crippen molar-refractivity contribution in [1.29, 1.82) is 0 Å². The van der Waals surface area contributed by atoms with Crippen LogP contribution in [0.4, 0.5) is 23.5 Å². The lowest BCUT2D eigenvalue weighted by Gasteiger charge is -2.51. The fraction of sp³-hybridized carbons (Fsp3) is 0.667. The minimum absolute atomic E-state index is 0.223. The number of aliphatic carboxylic acids is 1. The molecule has 0 radical (unpaired) electrons. The second-order valence-corrected chi connectivity index (χ2v) is 6.49. The maximum absolute atomic E-state index is 12.8. The van der Waals surface area contributed by atoms with Gasteiger partial charge >= 0.3 is 12.1 Å². The Hall–Kier alpha value is -2.01. The highest BCUT2D eigenvalue weighted by atomic mass is 19.4. The first kappa shape index (κ1) is 20.3. The Morgan fingerprint density at radius 2 is 1.92 bits per heavy atom. The number of carbonyl (C=O) groups is 1. The van der Waals surface area contributed by atoms with E-state index >= 15 is 0 Å². The first-order chi connectivity index (χ1) is 12.1. The Morgan fingerprint density at radius 1 is 1.38 bits per heavy atom. The third-order valence-electron chi connectivity index (χ3n) is 4.52. The molecule has 1 unspecified atom stereocenters. The number of methoxy groups -OCH3 is 1. The zero-order chi connectivity index (χ0) is 19.5. The van der Waals surface area contributed by atoms with Crippen molar-refractivity contribution in [2.24, 2.45) is 5.92 Å². The maximum atomic E-state index is 12.8. The molecule has 2 saturated heterocycles. The second kappa shape index (κ2) is 7.70. The molecule has 1 aromatic heterocycles. The highest BCUT2D eigenvalue weighted by molar-refractivity contribution is 5.73. The summed E-state index contributed by atoms with van der Waals surface area (Å²) in [5, 5.41) is 7.12. The number of hydrogen-bond donors (Lipinski definition) is 1. The van der Waals surface area contributed by atoms with Gasteiger partial charge in [-0.25, -0.2) is 19.2 Å². The van der Waals surface area contributed by atoms with Crippen LogP contribution >= 0.6 is 0 Å². The monoisotopic (exact) mass is 380 g/mol. The van der Waals surface area contributed by atoms with Gasteiger partial charge in [0.2, 0.25) is 5.95 Å². The zero-order valence-corrected chi connectivity index (χ0v) is 14.3. The summed E-state index contributed by atoms with van der Waals surface area (Å²) in [5.74, 6) is -1.92. The van der Waals surface area contributed by atoms with E-state index in [0.717, 1.165) is 32.7 Å². The summed E-state index contributed by atoms with van der Waals surface area (Å²) in [7, 11) is 3.92. The smallest absolute Gasteiger partial charge is 0.475 e.